The highest BCUT2D eigenvalue weighted by Gasteiger charge is 2.55. The van der Waals surface area contributed by atoms with Crippen molar-refractivity contribution in [1.82, 2.24) is 0 Å². The summed E-state index contributed by atoms with van der Waals surface area (Å²) in [5.41, 5.74) is 0. The molecule has 0 bridgehead atoms. The van der Waals surface area contributed by atoms with E-state index in [4.69, 9.17) is 38.0 Å². The third kappa shape index (κ3) is 73.9. The Morgan fingerprint density at radius 3 is 0.526 bits per heavy atom. The first-order valence-electron chi connectivity index (χ1n) is 52.0. The van der Waals surface area contributed by atoms with Gasteiger partial charge in [0.1, 0.15) is 0 Å². The number of hydrogen-bond acceptors (Lipinski definition) is 9. The Bertz CT molecular complexity index is 2020. The van der Waals surface area contributed by atoms with Gasteiger partial charge in [0.25, 0.3) is 0 Å². The van der Waals surface area contributed by atoms with Crippen molar-refractivity contribution in [3.8, 4) is 0 Å². The van der Waals surface area contributed by atoms with E-state index in [2.05, 4.69) is 127 Å². The summed E-state index contributed by atoms with van der Waals surface area (Å²) in [6.45, 7) is 45.1. The lowest BCUT2D eigenvalue weighted by Crippen LogP contribution is -2.64. The smallest absolute Gasteiger partial charge is 0.362 e. The topological polar surface area (TPSA) is 83.1 Å². The molecule has 0 spiro atoms. The van der Waals surface area contributed by atoms with Crippen LogP contribution in [-0.4, -0.2) is 77.3 Å². The maximum Gasteiger partial charge on any atom is 0.362 e. The van der Waals surface area contributed by atoms with E-state index in [-0.39, 0.29) is 0 Å². The van der Waals surface area contributed by atoms with Crippen LogP contribution in [0.1, 0.15) is 498 Å². The Labute approximate surface area is 728 Å². The van der Waals surface area contributed by atoms with Gasteiger partial charge in [0, 0.05) is 0 Å². The molecule has 0 saturated heterocycles. The van der Waals surface area contributed by atoms with Crippen LogP contribution in [0, 0.1) is 0 Å². The Hall–Kier alpha value is 1.59. The van der Waals surface area contributed by atoms with Gasteiger partial charge in [-0.1, -0.05) is 498 Å². The van der Waals surface area contributed by atoms with Gasteiger partial charge in [0.15, 0.2) is 17.4 Å². The first-order valence-corrected chi connectivity index (χ1v) is 75.8. The van der Waals surface area contributed by atoms with E-state index in [1.165, 1.54) is 423 Å². The van der Waals surface area contributed by atoms with Crippen LogP contribution in [0.2, 0.25) is 121 Å². The van der Waals surface area contributed by atoms with Crippen LogP contribution in [0.5, 0.6) is 0 Å². The summed E-state index contributed by atoms with van der Waals surface area (Å²) < 4.78 is 70.8. The lowest BCUT2D eigenvalue weighted by Gasteiger charge is -2.47. The van der Waals surface area contributed by atoms with Crippen molar-refractivity contribution in [3.63, 3.8) is 0 Å². The highest BCUT2D eigenvalue weighted by Crippen LogP contribution is 2.40. The number of rotatable bonds is 94. The zero-order valence-corrected chi connectivity index (χ0v) is 90.9. The minimum atomic E-state index is -3.15. The highest BCUT2D eigenvalue weighted by atomic mass is 28.5. The van der Waals surface area contributed by atoms with Crippen molar-refractivity contribution in [1.29, 1.82) is 0 Å². The predicted octanol–water partition coefficient (Wildman–Crippen LogP) is 36.8. The number of unbranched alkanes of at least 4 members (excludes halogenated alkanes) is 63. The van der Waals surface area contributed by atoms with Crippen molar-refractivity contribution in [2.45, 2.75) is 619 Å². The van der Waals surface area contributed by atoms with Crippen LogP contribution in [0.25, 0.3) is 0 Å². The van der Waals surface area contributed by atoms with Gasteiger partial charge in [-0.05, 0) is 121 Å². The molecule has 686 valence electrons. The Morgan fingerprint density at radius 1 is 0.167 bits per heavy atom. The molecule has 0 fully saturated rings. The minimum Gasteiger partial charge on any atom is -0.439 e. The zero-order valence-electron chi connectivity index (χ0n) is 81.7. The molecule has 9 nitrogen and oxygen atoms in total. The lowest BCUT2D eigenvalue weighted by atomic mass is 10.1. The Kier molecular flexibility index (Phi) is 78.1. The molecular weight excluding hydrogens is 1550 g/mol. The van der Waals surface area contributed by atoms with Gasteiger partial charge < -0.3 is 28.8 Å². The zero-order chi connectivity index (χ0) is 84.4. The third-order valence-electron chi connectivity index (χ3n) is 24.5. The molecule has 0 aliphatic heterocycles. The van der Waals surface area contributed by atoms with E-state index in [1.807, 2.05) is 0 Å². The summed E-state index contributed by atoms with van der Waals surface area (Å²) in [6, 6.07) is 7.11. The summed E-state index contributed by atoms with van der Waals surface area (Å²) in [5, 5.41) is 0. The van der Waals surface area contributed by atoms with E-state index in [0.29, 0.717) is 0 Å². The molecule has 0 aliphatic rings. The predicted molar refractivity (Wildman–Crippen MR) is 530 cm³/mol. The molecule has 0 aliphatic carbocycles. The van der Waals surface area contributed by atoms with Crippen LogP contribution in [0.3, 0.4) is 0 Å². The fourth-order valence-electron chi connectivity index (χ4n) is 18.0. The molecule has 0 aromatic heterocycles. The van der Waals surface area contributed by atoms with Crippen molar-refractivity contribution < 1.29 is 38.0 Å². The summed E-state index contributed by atoms with van der Waals surface area (Å²) in [6.07, 6.45) is 92.7. The fourth-order valence-corrected chi connectivity index (χ4v) is 61.4. The SMILES string of the molecule is CCCCCCCCCCCC[SiH](C)O[Si](C)(CCCCCCCCCCCC)O[Si](C)(CCCCCCCCCCCC)O[Si](C)(CCCCCCCCCCCC)O[Si](C)(CCCCCCCCCCCC)O[Si](C)(CCCCCCCCCCCC)O[Si](C)(CCCCCCCCCCCC)OO[Si](C)(C)O[Si](C)(C)C. The normalized spacial score (nSPS) is 15.9. The summed E-state index contributed by atoms with van der Waals surface area (Å²) in [7, 11) is -24.5. The molecular formula is C96H212O9Si9. The van der Waals surface area contributed by atoms with Crippen LogP contribution in [-0.2, 0) is 38.0 Å². The molecule has 7 unspecified atom stereocenters. The van der Waals surface area contributed by atoms with Crippen LogP contribution in [0.4, 0.5) is 0 Å². The van der Waals surface area contributed by atoms with Crippen LogP contribution >= 0.6 is 0 Å². The molecule has 18 heteroatoms. The molecule has 0 amide bonds. The Morgan fingerprint density at radius 2 is 0.325 bits per heavy atom. The van der Waals surface area contributed by atoms with E-state index in [0.717, 1.165) is 68.4 Å². The maximum atomic E-state index is 8.57. The van der Waals surface area contributed by atoms with Gasteiger partial charge in [-0.3, -0.25) is 9.15 Å². The van der Waals surface area contributed by atoms with Gasteiger partial charge in [-0.2, -0.15) is 0 Å². The standard InChI is InChI=1S/C96H212O9Si9/c1-20-27-34-41-48-55-62-69-76-83-90-106(8)99-110(15,92-85-78-71-64-57-50-43-36-29-22-3)102-112(17,94-87-80-73-66-59-52-45-38-31-24-5)104-114(19,96-89-82-75-68-61-54-47-40-33-26-7)105-113(18,95-88-81-74-67-60-53-46-39-32-25-6)103-111(16,93-86-79-72-65-58-51-44-37-30-23-4)101-109(14,98-97-108(12,13)100-107(9,10)11)91-84-77-70-63-56-49-42-35-28-21-2/h106H,20-96H2,1-19H3. The Balaban J connectivity index is 8.47. The van der Waals surface area contributed by atoms with E-state index in [9.17, 15) is 0 Å². The molecule has 0 radical (unpaired) electrons. The molecule has 0 aromatic carbocycles. The second-order valence-corrected chi connectivity index (χ2v) is 71.6. The van der Waals surface area contributed by atoms with Gasteiger partial charge in [0.05, 0.1) is 0 Å². The maximum absolute atomic E-state index is 8.57. The monoisotopic (exact) mass is 1760 g/mol. The van der Waals surface area contributed by atoms with Crippen molar-refractivity contribution in [2.75, 3.05) is 0 Å². The van der Waals surface area contributed by atoms with Crippen molar-refractivity contribution >= 4 is 77.3 Å². The van der Waals surface area contributed by atoms with Crippen LogP contribution < -0.4 is 0 Å². The molecule has 0 aromatic rings. The van der Waals surface area contributed by atoms with E-state index in [1.54, 1.807) is 0 Å². The first kappa shape index (κ1) is 116. The quantitative estimate of drug-likeness (QED) is 0.0256. The average molecular weight is 1760 g/mol. The van der Waals surface area contributed by atoms with Crippen LogP contribution in [0.15, 0.2) is 0 Å². The second kappa shape index (κ2) is 77.0. The summed E-state index contributed by atoms with van der Waals surface area (Å²) in [5.74, 6) is 0. The molecule has 0 rings (SSSR count). The molecule has 114 heavy (non-hydrogen) atoms. The minimum absolute atomic E-state index is 0.891. The summed E-state index contributed by atoms with van der Waals surface area (Å²) >= 11 is 0. The summed E-state index contributed by atoms with van der Waals surface area (Å²) in [4.78, 5) is 0. The molecule has 0 heterocycles. The van der Waals surface area contributed by atoms with Crippen molar-refractivity contribution in [3.05, 3.63) is 0 Å². The molecule has 7 atom stereocenters. The fraction of sp³-hybridized carbons (Fsp3) is 1.00. The number of hydrogen-bond donors (Lipinski definition) is 0. The molecule has 0 N–H and O–H groups in total. The van der Waals surface area contributed by atoms with Gasteiger partial charge >= 0.3 is 59.9 Å². The van der Waals surface area contributed by atoms with Crippen molar-refractivity contribution in [2.24, 2.45) is 0 Å². The van der Waals surface area contributed by atoms with E-state index >= 15 is 0 Å². The van der Waals surface area contributed by atoms with Gasteiger partial charge in [-0.15, -0.1) is 0 Å². The lowest BCUT2D eigenvalue weighted by molar-refractivity contribution is -0.153. The van der Waals surface area contributed by atoms with Gasteiger partial charge in [0.2, 0.25) is 0 Å². The van der Waals surface area contributed by atoms with E-state index < -0.39 is 77.3 Å². The highest BCUT2D eigenvalue weighted by molar-refractivity contribution is 6.92. The average Bonchev–Trinajstić information content (AvgIpc) is 0.783. The second-order valence-electron chi connectivity index (χ2n) is 39.6. The largest absolute Gasteiger partial charge is 0.439 e. The van der Waals surface area contributed by atoms with Gasteiger partial charge in [-0.25, -0.2) is 0 Å². The third-order valence-corrected chi connectivity index (χ3v) is 59.6. The first-order chi connectivity index (χ1) is 54.8. The molecule has 0 saturated carbocycles.